The average Bonchev–Trinajstić information content (AvgIpc) is 3.09. The van der Waals surface area contributed by atoms with Crippen LogP contribution in [0.3, 0.4) is 0 Å². The molecule has 1 aliphatic rings. The van der Waals surface area contributed by atoms with Crippen LogP contribution in [0.5, 0.6) is 0 Å². The van der Waals surface area contributed by atoms with Crippen molar-refractivity contribution in [3.8, 4) is 0 Å². The smallest absolute Gasteiger partial charge is 0.254 e. The molecular formula is C21H29N5O2. The van der Waals surface area contributed by atoms with Crippen molar-refractivity contribution in [3.63, 3.8) is 0 Å². The van der Waals surface area contributed by atoms with E-state index in [0.717, 1.165) is 25.1 Å². The van der Waals surface area contributed by atoms with Gasteiger partial charge in [0.1, 0.15) is 0 Å². The summed E-state index contributed by atoms with van der Waals surface area (Å²) < 4.78 is 1.91. The Balaban J connectivity index is 1.62. The number of hydrogen-bond donors (Lipinski definition) is 2. The highest BCUT2D eigenvalue weighted by Crippen LogP contribution is 2.24. The Morgan fingerprint density at radius 2 is 2.07 bits per heavy atom. The second kappa shape index (κ2) is 8.12. The fourth-order valence-electron chi connectivity index (χ4n) is 3.19. The van der Waals surface area contributed by atoms with Crippen molar-refractivity contribution in [2.24, 2.45) is 11.3 Å². The van der Waals surface area contributed by atoms with E-state index in [-0.39, 0.29) is 29.2 Å². The molecule has 0 bridgehead atoms. The number of nitrogens with zero attached hydrogens (tertiary/aromatic N) is 3. The number of amides is 2. The first-order valence-corrected chi connectivity index (χ1v) is 9.79. The monoisotopic (exact) mass is 383 g/mol. The Bertz CT molecular complexity index is 838. The maximum absolute atomic E-state index is 12.8. The van der Waals surface area contributed by atoms with Crippen molar-refractivity contribution < 1.29 is 9.59 Å². The molecule has 3 rings (SSSR count). The first-order valence-electron chi connectivity index (χ1n) is 9.79. The highest BCUT2D eigenvalue weighted by molar-refractivity contribution is 5.95. The summed E-state index contributed by atoms with van der Waals surface area (Å²) in [4.78, 5) is 29.0. The molecule has 0 aliphatic carbocycles. The lowest BCUT2D eigenvalue weighted by molar-refractivity contribution is 0.0904. The molecule has 150 valence electrons. The lowest BCUT2D eigenvalue weighted by Gasteiger charge is -2.28. The Labute approximate surface area is 165 Å². The topological polar surface area (TPSA) is 88.9 Å². The number of nitrogens with one attached hydrogen (secondary N) is 2. The van der Waals surface area contributed by atoms with Gasteiger partial charge in [-0.05, 0) is 43.2 Å². The van der Waals surface area contributed by atoms with Gasteiger partial charge in [0.15, 0.2) is 0 Å². The maximum atomic E-state index is 12.8. The van der Waals surface area contributed by atoms with Gasteiger partial charge in [0.05, 0.1) is 23.0 Å². The van der Waals surface area contributed by atoms with E-state index in [1.807, 2.05) is 11.6 Å². The maximum Gasteiger partial charge on any atom is 0.254 e. The van der Waals surface area contributed by atoms with E-state index in [0.29, 0.717) is 17.7 Å². The highest BCUT2D eigenvalue weighted by atomic mass is 16.2. The van der Waals surface area contributed by atoms with Crippen LogP contribution >= 0.6 is 0 Å². The van der Waals surface area contributed by atoms with Crippen molar-refractivity contribution >= 4 is 11.8 Å². The average molecular weight is 383 g/mol. The summed E-state index contributed by atoms with van der Waals surface area (Å²) in [6, 6.07) is 3.54. The summed E-state index contributed by atoms with van der Waals surface area (Å²) in [5, 5.41) is 10.5. The molecule has 1 aliphatic heterocycles. The zero-order chi connectivity index (χ0) is 20.3. The Hall–Kier alpha value is -2.70. The van der Waals surface area contributed by atoms with Gasteiger partial charge in [0, 0.05) is 31.5 Å². The van der Waals surface area contributed by atoms with E-state index in [1.165, 1.54) is 0 Å². The van der Waals surface area contributed by atoms with Gasteiger partial charge >= 0.3 is 0 Å². The summed E-state index contributed by atoms with van der Waals surface area (Å²) in [7, 11) is 0. The van der Waals surface area contributed by atoms with Crippen LogP contribution in [0.4, 0.5) is 0 Å². The summed E-state index contributed by atoms with van der Waals surface area (Å²) in [6.45, 7) is 9.65. The van der Waals surface area contributed by atoms with Crippen LogP contribution in [0.25, 0.3) is 0 Å². The lowest BCUT2D eigenvalue weighted by Crippen LogP contribution is -2.42. The minimum atomic E-state index is -0.121. The van der Waals surface area contributed by atoms with Crippen molar-refractivity contribution in [1.29, 1.82) is 0 Å². The number of pyridine rings is 1. The molecule has 7 heteroatoms. The van der Waals surface area contributed by atoms with Crippen LogP contribution in [0.1, 0.15) is 60.5 Å². The van der Waals surface area contributed by atoms with Gasteiger partial charge < -0.3 is 10.6 Å². The van der Waals surface area contributed by atoms with Crippen LogP contribution in [0.15, 0.2) is 30.7 Å². The molecule has 2 N–H and O–H groups in total. The van der Waals surface area contributed by atoms with Gasteiger partial charge in [0.25, 0.3) is 11.8 Å². The number of carbonyl (C=O) groups is 2. The van der Waals surface area contributed by atoms with Gasteiger partial charge in [-0.3, -0.25) is 19.3 Å². The van der Waals surface area contributed by atoms with Crippen LogP contribution in [0, 0.1) is 11.3 Å². The molecule has 7 nitrogen and oxygen atoms in total. The fraction of sp³-hybridized carbons (Fsp3) is 0.524. The predicted octanol–water partition coefficient (Wildman–Crippen LogP) is 2.43. The van der Waals surface area contributed by atoms with Gasteiger partial charge in [-0.25, -0.2) is 0 Å². The van der Waals surface area contributed by atoms with E-state index in [9.17, 15) is 9.59 Å². The molecule has 0 spiro atoms. The molecule has 28 heavy (non-hydrogen) atoms. The van der Waals surface area contributed by atoms with Gasteiger partial charge in [-0.1, -0.05) is 20.8 Å². The zero-order valence-corrected chi connectivity index (χ0v) is 17.0. The minimum Gasteiger partial charge on any atom is -0.352 e. The SMILES string of the molecule is C[C@@H](NC(=O)c1cnn2c1C[C@@H](CNC(=O)c1cccnc1)CC2)C(C)(C)C. The van der Waals surface area contributed by atoms with E-state index in [1.54, 1.807) is 30.7 Å². The third-order valence-electron chi connectivity index (χ3n) is 5.55. The number of hydrogen-bond acceptors (Lipinski definition) is 4. The molecule has 3 heterocycles. The fourth-order valence-corrected chi connectivity index (χ4v) is 3.19. The zero-order valence-electron chi connectivity index (χ0n) is 17.0. The standard InChI is InChI=1S/C21H29N5O2/c1-14(21(2,3)4)25-20(28)17-13-24-26-9-7-15(10-18(17)26)11-23-19(27)16-6-5-8-22-12-16/h5-6,8,12-15H,7,9-11H2,1-4H3,(H,23,27)(H,25,28)/t14-,15+/m1/s1. The minimum absolute atomic E-state index is 0.0119. The molecule has 2 aromatic heterocycles. The van der Waals surface area contributed by atoms with Crippen molar-refractivity contribution in [2.75, 3.05) is 6.54 Å². The molecule has 0 saturated carbocycles. The van der Waals surface area contributed by atoms with Crippen molar-refractivity contribution in [1.82, 2.24) is 25.4 Å². The third kappa shape index (κ3) is 4.58. The van der Waals surface area contributed by atoms with Gasteiger partial charge in [-0.15, -0.1) is 0 Å². The molecule has 2 aromatic rings. The number of rotatable bonds is 5. The van der Waals surface area contributed by atoms with E-state index in [4.69, 9.17) is 0 Å². The quantitative estimate of drug-likeness (QED) is 0.830. The van der Waals surface area contributed by atoms with Crippen LogP contribution in [-0.4, -0.2) is 39.2 Å². The van der Waals surface area contributed by atoms with Crippen molar-refractivity contribution in [2.45, 2.75) is 53.1 Å². The molecule has 0 saturated heterocycles. The molecular weight excluding hydrogens is 354 g/mol. The molecule has 0 radical (unpaired) electrons. The van der Waals surface area contributed by atoms with E-state index < -0.39 is 0 Å². The molecule has 0 aromatic carbocycles. The largest absolute Gasteiger partial charge is 0.352 e. The van der Waals surface area contributed by atoms with E-state index in [2.05, 4.69) is 41.5 Å². The summed E-state index contributed by atoms with van der Waals surface area (Å²) in [6.07, 6.45) is 6.51. The Kier molecular flexibility index (Phi) is 5.82. The summed E-state index contributed by atoms with van der Waals surface area (Å²) in [5.74, 6) is 0.0734. The number of fused-ring (bicyclic) bond motifs is 1. The second-order valence-corrected chi connectivity index (χ2v) is 8.60. The van der Waals surface area contributed by atoms with Crippen LogP contribution < -0.4 is 10.6 Å². The number of aryl methyl sites for hydroxylation is 1. The number of carbonyl (C=O) groups excluding carboxylic acids is 2. The Morgan fingerprint density at radius 3 is 2.75 bits per heavy atom. The normalized spacial score (nSPS) is 17.5. The first-order chi connectivity index (χ1) is 13.3. The third-order valence-corrected chi connectivity index (χ3v) is 5.55. The molecule has 0 fully saturated rings. The summed E-state index contributed by atoms with van der Waals surface area (Å²) >= 11 is 0. The van der Waals surface area contributed by atoms with Crippen LogP contribution in [0.2, 0.25) is 0 Å². The van der Waals surface area contributed by atoms with Crippen LogP contribution in [-0.2, 0) is 13.0 Å². The van der Waals surface area contributed by atoms with E-state index >= 15 is 0 Å². The number of aromatic nitrogens is 3. The summed E-state index contributed by atoms with van der Waals surface area (Å²) in [5.41, 5.74) is 2.13. The molecule has 0 unspecified atom stereocenters. The predicted molar refractivity (Wildman–Crippen MR) is 107 cm³/mol. The van der Waals surface area contributed by atoms with Crippen molar-refractivity contribution in [3.05, 3.63) is 47.5 Å². The van der Waals surface area contributed by atoms with Gasteiger partial charge in [0.2, 0.25) is 0 Å². The van der Waals surface area contributed by atoms with Gasteiger partial charge in [-0.2, -0.15) is 5.10 Å². The second-order valence-electron chi connectivity index (χ2n) is 8.60. The molecule has 2 amide bonds. The highest BCUT2D eigenvalue weighted by Gasteiger charge is 2.28. The molecule has 2 atom stereocenters. The first kappa shape index (κ1) is 20.0. The lowest BCUT2D eigenvalue weighted by atomic mass is 9.87. The Morgan fingerprint density at radius 1 is 1.29 bits per heavy atom.